The van der Waals surface area contributed by atoms with Crippen molar-refractivity contribution in [2.45, 2.75) is 17.3 Å². The maximum atomic E-state index is 11.8. The number of ether oxygens (including phenoxy) is 1. The summed E-state index contributed by atoms with van der Waals surface area (Å²) in [4.78, 5) is 11.8. The van der Waals surface area contributed by atoms with E-state index in [2.05, 4.69) is 24.3 Å². The minimum absolute atomic E-state index is 0.0192. The molecule has 2 nitrogen and oxygen atoms in total. The highest BCUT2D eigenvalue weighted by Crippen LogP contribution is 2.31. The molecule has 0 bridgehead atoms. The summed E-state index contributed by atoms with van der Waals surface area (Å²) in [5, 5.41) is 0. The molecule has 1 aliphatic heterocycles. The van der Waals surface area contributed by atoms with Crippen LogP contribution >= 0.6 is 11.8 Å². The van der Waals surface area contributed by atoms with Gasteiger partial charge in [0.05, 0.1) is 6.61 Å². The van der Waals surface area contributed by atoms with Crippen molar-refractivity contribution in [3.05, 3.63) is 35.9 Å². The first kappa shape index (κ1) is 12.8. The summed E-state index contributed by atoms with van der Waals surface area (Å²) in [6, 6.07) is 10.4. The molecule has 0 radical (unpaired) electrons. The number of carbonyl (C=O) groups excluding carboxylic acids is 1. The lowest BCUT2D eigenvalue weighted by atomic mass is 10.2. The number of thioether (sulfide) groups is 1. The fourth-order valence-corrected chi connectivity index (χ4v) is 6.50. The van der Waals surface area contributed by atoms with Crippen LogP contribution in [0.25, 0.3) is 0 Å². The van der Waals surface area contributed by atoms with E-state index in [0.717, 1.165) is 17.3 Å². The van der Waals surface area contributed by atoms with Crippen LogP contribution in [-0.4, -0.2) is 28.7 Å². The van der Waals surface area contributed by atoms with E-state index >= 15 is 0 Å². The van der Waals surface area contributed by atoms with Gasteiger partial charge >= 0.3 is 5.97 Å². The Morgan fingerprint density at radius 3 is 2.94 bits per heavy atom. The Labute approximate surface area is 109 Å². The molecule has 1 aromatic rings. The van der Waals surface area contributed by atoms with Crippen LogP contribution in [0.15, 0.2) is 30.3 Å². The molecule has 2 atom stereocenters. The van der Waals surface area contributed by atoms with Crippen LogP contribution in [0.5, 0.6) is 0 Å². The fraction of sp³-hybridized carbons (Fsp3) is 0.462. The lowest BCUT2D eigenvalue weighted by molar-refractivity contribution is -0.140. The van der Waals surface area contributed by atoms with Crippen molar-refractivity contribution >= 4 is 28.6 Å². The van der Waals surface area contributed by atoms with E-state index in [9.17, 15) is 4.79 Å². The number of rotatable bonds is 4. The summed E-state index contributed by atoms with van der Waals surface area (Å²) in [6.07, 6.45) is 0. The number of hydrogen-bond donors (Lipinski definition) is 0. The van der Waals surface area contributed by atoms with Crippen LogP contribution in [0.3, 0.4) is 0 Å². The van der Waals surface area contributed by atoms with Crippen molar-refractivity contribution in [3.8, 4) is 0 Å². The van der Waals surface area contributed by atoms with E-state index in [1.54, 1.807) is 11.8 Å². The number of benzene rings is 1. The molecule has 0 spiro atoms. The molecule has 17 heavy (non-hydrogen) atoms. The summed E-state index contributed by atoms with van der Waals surface area (Å²) >= 11 is 1.76. The first-order chi connectivity index (χ1) is 8.31. The van der Waals surface area contributed by atoms with Crippen LogP contribution in [0.4, 0.5) is 0 Å². The topological polar surface area (TPSA) is 26.3 Å². The molecule has 1 aliphatic rings. The SMILES string of the molecule is CCOC(=O)C1SCC[S+]1Cc1ccccc1. The molecule has 2 rings (SSSR count). The zero-order valence-electron chi connectivity index (χ0n) is 9.93. The van der Waals surface area contributed by atoms with E-state index in [1.807, 2.05) is 13.0 Å². The van der Waals surface area contributed by atoms with Crippen molar-refractivity contribution in [2.24, 2.45) is 0 Å². The van der Waals surface area contributed by atoms with Gasteiger partial charge in [-0.2, -0.15) is 0 Å². The standard InChI is InChI=1S/C13H17O2S2/c1-2-15-12(14)13-16-8-9-17(13)10-11-6-4-3-5-7-11/h3-7,13H,2,8-10H2,1H3/q+1. The zero-order valence-corrected chi connectivity index (χ0v) is 11.6. The van der Waals surface area contributed by atoms with E-state index in [0.29, 0.717) is 6.61 Å². The minimum Gasteiger partial charge on any atom is -0.462 e. The molecule has 0 aromatic heterocycles. The largest absolute Gasteiger partial charge is 0.462 e. The summed E-state index contributed by atoms with van der Waals surface area (Å²) in [6.45, 7) is 2.35. The Morgan fingerprint density at radius 2 is 2.24 bits per heavy atom. The van der Waals surface area contributed by atoms with Gasteiger partial charge in [0.15, 0.2) is 0 Å². The van der Waals surface area contributed by atoms with Crippen molar-refractivity contribution in [2.75, 3.05) is 18.1 Å². The van der Waals surface area contributed by atoms with Crippen molar-refractivity contribution in [1.29, 1.82) is 0 Å². The second-order valence-electron chi connectivity index (χ2n) is 3.83. The highest BCUT2D eigenvalue weighted by molar-refractivity contribution is 8.19. The smallest absolute Gasteiger partial charge is 0.370 e. The summed E-state index contributed by atoms with van der Waals surface area (Å²) in [5.41, 5.74) is 1.33. The Kier molecular flexibility index (Phi) is 4.80. The van der Waals surface area contributed by atoms with Gasteiger partial charge in [-0.15, -0.1) is 0 Å². The normalized spacial score (nSPS) is 23.6. The van der Waals surface area contributed by atoms with Gasteiger partial charge in [0.2, 0.25) is 0 Å². The van der Waals surface area contributed by atoms with Crippen molar-refractivity contribution < 1.29 is 9.53 Å². The fourth-order valence-electron chi connectivity index (χ4n) is 1.82. The molecule has 1 heterocycles. The Bertz CT molecular complexity index is 367. The first-order valence-corrected chi connectivity index (χ1v) is 8.47. The van der Waals surface area contributed by atoms with Gasteiger partial charge in [-0.05, 0) is 6.92 Å². The van der Waals surface area contributed by atoms with Gasteiger partial charge < -0.3 is 4.74 Å². The number of carbonyl (C=O) groups is 1. The molecular weight excluding hydrogens is 252 g/mol. The molecule has 0 amide bonds. The lowest BCUT2D eigenvalue weighted by Crippen LogP contribution is -2.27. The lowest BCUT2D eigenvalue weighted by Gasteiger charge is -2.09. The first-order valence-electron chi connectivity index (χ1n) is 5.79. The quantitative estimate of drug-likeness (QED) is 0.620. The molecule has 92 valence electrons. The molecule has 1 fully saturated rings. The van der Waals surface area contributed by atoms with Gasteiger partial charge in [0.25, 0.3) is 4.58 Å². The van der Waals surface area contributed by atoms with Crippen LogP contribution in [-0.2, 0) is 26.2 Å². The molecule has 0 N–H and O–H groups in total. The summed E-state index contributed by atoms with van der Waals surface area (Å²) in [7, 11) is 0.141. The average Bonchev–Trinajstić information content (AvgIpc) is 2.79. The highest BCUT2D eigenvalue weighted by Gasteiger charge is 2.43. The van der Waals surface area contributed by atoms with E-state index in [-0.39, 0.29) is 21.4 Å². The van der Waals surface area contributed by atoms with Gasteiger partial charge in [0.1, 0.15) is 11.5 Å². The third kappa shape index (κ3) is 3.42. The average molecular weight is 269 g/mol. The third-order valence-electron chi connectivity index (χ3n) is 2.59. The molecule has 2 unspecified atom stereocenters. The predicted octanol–water partition coefficient (Wildman–Crippen LogP) is 2.44. The van der Waals surface area contributed by atoms with Crippen LogP contribution in [0, 0.1) is 0 Å². The maximum absolute atomic E-state index is 11.8. The molecule has 1 saturated heterocycles. The zero-order chi connectivity index (χ0) is 12.1. The minimum atomic E-state index is -0.0192. The van der Waals surface area contributed by atoms with Gasteiger partial charge in [-0.3, -0.25) is 0 Å². The van der Waals surface area contributed by atoms with Crippen LogP contribution < -0.4 is 0 Å². The third-order valence-corrected chi connectivity index (χ3v) is 7.24. The monoisotopic (exact) mass is 269 g/mol. The van der Waals surface area contributed by atoms with E-state index in [1.165, 1.54) is 5.56 Å². The van der Waals surface area contributed by atoms with E-state index < -0.39 is 0 Å². The second kappa shape index (κ2) is 6.36. The molecule has 1 aromatic carbocycles. The van der Waals surface area contributed by atoms with E-state index in [4.69, 9.17) is 4.74 Å². The molecule has 4 heteroatoms. The highest BCUT2D eigenvalue weighted by atomic mass is 32.2. The second-order valence-corrected chi connectivity index (χ2v) is 7.58. The number of hydrogen-bond acceptors (Lipinski definition) is 3. The molecule has 0 aliphatic carbocycles. The maximum Gasteiger partial charge on any atom is 0.370 e. The molecular formula is C13H17O2S2+. The van der Waals surface area contributed by atoms with Gasteiger partial charge in [-0.1, -0.05) is 42.1 Å². The predicted molar refractivity (Wildman–Crippen MR) is 75.3 cm³/mol. The van der Waals surface area contributed by atoms with Gasteiger partial charge in [0, 0.05) is 22.2 Å². The van der Waals surface area contributed by atoms with Crippen molar-refractivity contribution in [3.63, 3.8) is 0 Å². The Hall–Kier alpha value is -0.610. The number of esters is 1. The summed E-state index contributed by atoms with van der Waals surface area (Å²) in [5.74, 6) is 3.22. The van der Waals surface area contributed by atoms with Gasteiger partial charge in [-0.25, -0.2) is 4.79 Å². The Morgan fingerprint density at radius 1 is 1.47 bits per heavy atom. The Balaban J connectivity index is 1.98. The van der Waals surface area contributed by atoms with Crippen molar-refractivity contribution in [1.82, 2.24) is 0 Å². The summed E-state index contributed by atoms with van der Waals surface area (Å²) < 4.78 is 5.21. The van der Waals surface area contributed by atoms with Crippen LogP contribution in [0.1, 0.15) is 12.5 Å². The van der Waals surface area contributed by atoms with Crippen LogP contribution in [0.2, 0.25) is 0 Å². The molecule has 0 saturated carbocycles.